The highest BCUT2D eigenvalue weighted by atomic mass is 32.3. The Hall–Kier alpha value is -1.60. The maximum Gasteiger partial charge on any atom is 0.397 e. The summed E-state index contributed by atoms with van der Waals surface area (Å²) in [5.41, 5.74) is 0.238. The molecule has 13 N–H and O–H groups in total. The minimum atomic E-state index is -4.85. The molecule has 5 aliphatic heterocycles. The maximum atomic E-state index is 13.0. The second-order valence-electron chi connectivity index (χ2n) is 24.0. The van der Waals surface area contributed by atoms with Gasteiger partial charge in [-0.25, -0.2) is 4.18 Å². The summed E-state index contributed by atoms with van der Waals surface area (Å²) in [5.74, 6) is -0.520. The first kappa shape index (κ1) is 61.9. The summed E-state index contributed by atoms with van der Waals surface area (Å²) in [7, 11) is -4.85. The van der Waals surface area contributed by atoms with Gasteiger partial charge in [0.2, 0.25) is 0 Å². The van der Waals surface area contributed by atoms with Crippen molar-refractivity contribution in [3.63, 3.8) is 0 Å². The van der Waals surface area contributed by atoms with Crippen LogP contribution in [-0.4, -0.2) is 252 Å². The molecule has 9 aliphatic rings. The van der Waals surface area contributed by atoms with Gasteiger partial charge in [-0.3, -0.25) is 9.35 Å². The largest absolute Gasteiger partial charge is 0.397 e. The number of Topliss-reactive ketones (excluding diaryl/α,β-unsaturated/α-hetero) is 1. The van der Waals surface area contributed by atoms with Crippen molar-refractivity contribution in [3.05, 3.63) is 11.6 Å². The van der Waals surface area contributed by atoms with Crippen molar-refractivity contribution in [3.8, 4) is 0 Å². The highest BCUT2D eigenvalue weighted by molar-refractivity contribution is 7.80. The summed E-state index contributed by atoms with van der Waals surface area (Å²) in [6, 6.07) is 0. The standard InChI is InChI=1S/C51H82O27S/c1-17(53)24-8-9-25-23-15-28(27-14-22(78-79(65,66)67)10-12-51(27,7)26(23)11-13-50(24,25)6)72-47-40(64)42(32(56)20(4)70-47)75-48-44(77-46-38(62)35(59)31(55)19(3)69-46)39(63)41(21(5)71-48)74-49-43(36(60)33(57)29(16-52)73-49)76-45-37(61)34(58)30(54)18(2)68-45/h11,18-25,27-49,52,54-64H,8-10,12-16H2,1-7H3,(H,65,66,67). The molecule has 33 unspecified atom stereocenters. The molecule has 0 radical (unpaired) electrons. The lowest BCUT2D eigenvalue weighted by Gasteiger charge is -2.59. The number of carbonyl (C=O) groups is 1. The van der Waals surface area contributed by atoms with Gasteiger partial charge in [0.25, 0.3) is 0 Å². The summed E-state index contributed by atoms with van der Waals surface area (Å²) in [5, 5.41) is 133. The van der Waals surface area contributed by atoms with E-state index in [1.807, 2.05) is 0 Å². The topological polar surface area (TPSA) is 416 Å². The predicted molar refractivity (Wildman–Crippen MR) is 261 cm³/mol. The van der Waals surface area contributed by atoms with E-state index in [1.54, 1.807) is 6.92 Å². The molecule has 8 fully saturated rings. The summed E-state index contributed by atoms with van der Waals surface area (Å²) in [4.78, 5) is 13.0. The first-order valence-electron chi connectivity index (χ1n) is 27.5. The van der Waals surface area contributed by atoms with E-state index in [0.717, 1.165) is 6.42 Å². The highest BCUT2D eigenvalue weighted by Gasteiger charge is 2.63. The van der Waals surface area contributed by atoms with Crippen LogP contribution in [0.3, 0.4) is 0 Å². The molecule has 28 heteroatoms. The number of fused-ring (bicyclic) bond motifs is 5. The zero-order chi connectivity index (χ0) is 57.7. The fourth-order valence-corrected chi connectivity index (χ4v) is 15.2. The molecule has 454 valence electrons. The molecule has 0 amide bonds. The minimum absolute atomic E-state index is 0.0780. The van der Waals surface area contributed by atoms with Crippen LogP contribution in [0.15, 0.2) is 11.6 Å². The van der Waals surface area contributed by atoms with Crippen molar-refractivity contribution in [1.82, 2.24) is 0 Å². The number of hydrogen-bond donors (Lipinski definition) is 13. The smallest absolute Gasteiger partial charge is 0.394 e. The fraction of sp³-hybridized carbons (Fsp3) is 0.941. The Labute approximate surface area is 457 Å². The molecular weight excluding hydrogens is 1080 g/mol. The van der Waals surface area contributed by atoms with Crippen molar-refractivity contribution >= 4 is 16.2 Å². The molecule has 27 nitrogen and oxygen atoms in total. The molecule has 5 saturated heterocycles. The van der Waals surface area contributed by atoms with Gasteiger partial charge in [0, 0.05) is 5.92 Å². The Kier molecular flexibility index (Phi) is 18.6. The highest BCUT2D eigenvalue weighted by Crippen LogP contribution is 2.66. The molecule has 0 bridgehead atoms. The summed E-state index contributed by atoms with van der Waals surface area (Å²) in [6.45, 7) is 10.6. The average Bonchev–Trinajstić information content (AvgIpc) is 4.04. The molecule has 0 aromatic heterocycles. The molecule has 0 aromatic carbocycles. The lowest BCUT2D eigenvalue weighted by Crippen LogP contribution is -2.68. The molecule has 9 rings (SSSR count). The molecule has 4 aliphatic carbocycles. The lowest BCUT2D eigenvalue weighted by molar-refractivity contribution is -0.407. The van der Waals surface area contributed by atoms with E-state index in [2.05, 4.69) is 19.9 Å². The molecule has 0 spiro atoms. The van der Waals surface area contributed by atoms with Gasteiger partial charge in [-0.15, -0.1) is 0 Å². The Balaban J connectivity index is 0.995. The molecule has 33 atom stereocenters. The van der Waals surface area contributed by atoms with Crippen LogP contribution in [0.1, 0.15) is 93.4 Å². The van der Waals surface area contributed by atoms with Gasteiger partial charge in [-0.1, -0.05) is 25.5 Å². The van der Waals surface area contributed by atoms with Crippen LogP contribution in [0.2, 0.25) is 0 Å². The van der Waals surface area contributed by atoms with Crippen LogP contribution >= 0.6 is 0 Å². The first-order valence-corrected chi connectivity index (χ1v) is 28.9. The number of aliphatic hydroxyl groups is 12. The lowest BCUT2D eigenvalue weighted by atomic mass is 9.48. The van der Waals surface area contributed by atoms with E-state index in [-0.39, 0.29) is 41.8 Å². The van der Waals surface area contributed by atoms with E-state index in [4.69, 9.17) is 51.6 Å². The van der Waals surface area contributed by atoms with Crippen molar-refractivity contribution in [2.45, 2.75) is 259 Å². The number of ketones is 1. The molecule has 0 aromatic rings. The van der Waals surface area contributed by atoms with Gasteiger partial charge >= 0.3 is 10.4 Å². The average molecular weight is 1160 g/mol. The molecular formula is C51H82O27S. The van der Waals surface area contributed by atoms with Gasteiger partial charge in [0.1, 0.15) is 103 Å². The van der Waals surface area contributed by atoms with Crippen molar-refractivity contribution in [2.75, 3.05) is 6.61 Å². The summed E-state index contributed by atoms with van der Waals surface area (Å²) in [6.07, 6.45) is -38.3. The summed E-state index contributed by atoms with van der Waals surface area (Å²) < 4.78 is 100. The number of allylic oxidation sites excluding steroid dienone is 2. The van der Waals surface area contributed by atoms with Crippen LogP contribution in [0, 0.1) is 34.5 Å². The number of carbonyl (C=O) groups excluding carboxylic acids is 1. The van der Waals surface area contributed by atoms with Crippen molar-refractivity contribution in [1.29, 1.82) is 0 Å². The number of rotatable bonds is 14. The van der Waals surface area contributed by atoms with E-state index < -0.39 is 194 Å². The van der Waals surface area contributed by atoms with E-state index in [1.165, 1.54) is 33.3 Å². The second-order valence-corrected chi connectivity index (χ2v) is 25.1. The molecule has 3 saturated carbocycles. The van der Waals surface area contributed by atoms with Gasteiger partial charge < -0.3 is 109 Å². The molecule has 79 heavy (non-hydrogen) atoms. The SMILES string of the molecule is CC(=O)C1CCC2C3CC(OC4OC(C)C(O)C(OC5OC(C)C(OC6OC(CO)C(O)C(O)C6OC6OC(C)C(O)C(O)C6O)C(O)C5OC5OC(C)C(O)C(O)C5O)C4O)C4CC(OS(=O)(=O)O)CCC4(C)C3=CCC12C. The van der Waals surface area contributed by atoms with Gasteiger partial charge in [0.05, 0.1) is 43.2 Å². The third kappa shape index (κ3) is 11.7. The number of ether oxygens (including phenoxy) is 10. The van der Waals surface area contributed by atoms with Crippen LogP contribution in [-0.2, 0) is 66.7 Å². The van der Waals surface area contributed by atoms with Crippen LogP contribution < -0.4 is 0 Å². The Morgan fingerprint density at radius 3 is 1.66 bits per heavy atom. The zero-order valence-electron chi connectivity index (χ0n) is 45.1. The van der Waals surface area contributed by atoms with E-state index >= 15 is 0 Å². The summed E-state index contributed by atoms with van der Waals surface area (Å²) >= 11 is 0. The monoisotopic (exact) mass is 1160 g/mol. The van der Waals surface area contributed by atoms with Crippen LogP contribution in [0.25, 0.3) is 0 Å². The first-order chi connectivity index (χ1) is 37.0. The third-order valence-electron chi connectivity index (χ3n) is 19.2. The van der Waals surface area contributed by atoms with Gasteiger partial charge in [-0.2, -0.15) is 8.42 Å². The van der Waals surface area contributed by atoms with Crippen LogP contribution in [0.5, 0.6) is 0 Å². The molecule has 5 heterocycles. The third-order valence-corrected chi connectivity index (χ3v) is 19.7. The van der Waals surface area contributed by atoms with Crippen molar-refractivity contribution in [2.24, 2.45) is 34.5 Å². The van der Waals surface area contributed by atoms with Crippen molar-refractivity contribution < 1.29 is 131 Å². The van der Waals surface area contributed by atoms with Gasteiger partial charge in [0.15, 0.2) is 31.5 Å². The minimum Gasteiger partial charge on any atom is -0.394 e. The Morgan fingerprint density at radius 2 is 1.09 bits per heavy atom. The normalized spacial score (nSPS) is 54.3. The maximum absolute atomic E-state index is 13.0. The Bertz CT molecular complexity index is 2270. The predicted octanol–water partition coefficient (Wildman–Crippen LogP) is -3.46. The quantitative estimate of drug-likeness (QED) is 0.0594. The zero-order valence-corrected chi connectivity index (χ0v) is 45.9. The fourth-order valence-electron chi connectivity index (χ4n) is 14.6. The van der Waals surface area contributed by atoms with E-state index in [9.17, 15) is 79.0 Å². The second kappa shape index (κ2) is 23.7. The number of hydrogen-bond acceptors (Lipinski definition) is 26. The number of aliphatic hydroxyl groups excluding tert-OH is 12. The van der Waals surface area contributed by atoms with Crippen LogP contribution in [0.4, 0.5) is 0 Å². The van der Waals surface area contributed by atoms with Gasteiger partial charge in [-0.05, 0) is 108 Å². The van der Waals surface area contributed by atoms with E-state index in [0.29, 0.717) is 25.7 Å². The Morgan fingerprint density at radius 1 is 0.570 bits per heavy atom.